The molecule has 168 valence electrons. The smallest absolute Gasteiger partial charge is 0.268 e. The molecule has 0 unspecified atom stereocenters. The van der Waals surface area contributed by atoms with Crippen LogP contribution in [0.4, 0.5) is 5.82 Å². The Kier molecular flexibility index (Phi) is 6.11. The van der Waals surface area contributed by atoms with Gasteiger partial charge in [-0.1, -0.05) is 6.58 Å². The van der Waals surface area contributed by atoms with Gasteiger partial charge >= 0.3 is 0 Å². The zero-order valence-electron chi connectivity index (χ0n) is 17.7. The first-order chi connectivity index (χ1) is 15.4. The lowest BCUT2D eigenvalue weighted by molar-refractivity contribution is 0.272. The molecule has 1 saturated carbocycles. The Hall–Kier alpha value is -3.05. The minimum Gasteiger partial charge on any atom is -0.367 e. The van der Waals surface area contributed by atoms with Crippen molar-refractivity contribution in [2.24, 2.45) is 0 Å². The summed E-state index contributed by atoms with van der Waals surface area (Å²) in [6.07, 6.45) is 8.63. The predicted molar refractivity (Wildman–Crippen MR) is 129 cm³/mol. The zero-order chi connectivity index (χ0) is 22.9. The second-order valence-electron chi connectivity index (χ2n) is 7.75. The van der Waals surface area contributed by atoms with Crippen LogP contribution in [-0.4, -0.2) is 59.4 Å². The van der Waals surface area contributed by atoms with E-state index in [2.05, 4.69) is 21.9 Å². The van der Waals surface area contributed by atoms with Gasteiger partial charge in [-0.3, -0.25) is 10.8 Å². The van der Waals surface area contributed by atoms with Gasteiger partial charge in [-0.2, -0.15) is 0 Å². The Morgan fingerprint density at radius 2 is 1.94 bits per heavy atom. The van der Waals surface area contributed by atoms with Crippen LogP contribution in [0.3, 0.4) is 0 Å². The summed E-state index contributed by atoms with van der Waals surface area (Å²) in [6, 6.07) is 5.55. The molecule has 9 nitrogen and oxygen atoms in total. The Morgan fingerprint density at radius 3 is 2.59 bits per heavy atom. The number of aromatic nitrogens is 2. The topological polar surface area (TPSA) is 126 Å². The van der Waals surface area contributed by atoms with Crippen molar-refractivity contribution in [3.8, 4) is 0 Å². The summed E-state index contributed by atoms with van der Waals surface area (Å²) in [5.41, 5.74) is 0. The quantitative estimate of drug-likeness (QED) is 0.338. The summed E-state index contributed by atoms with van der Waals surface area (Å²) >= 11 is 1.49. The molecule has 1 aromatic carbocycles. The molecule has 0 radical (unpaired) electrons. The first kappa shape index (κ1) is 22.2. The summed E-state index contributed by atoms with van der Waals surface area (Å²) in [5, 5.41) is 19.9. The lowest BCUT2D eigenvalue weighted by Gasteiger charge is -2.34. The molecule has 1 fully saturated rings. The first-order valence-electron chi connectivity index (χ1n) is 10.2. The zero-order valence-corrected chi connectivity index (χ0v) is 19.3. The molecule has 4 rings (SSSR count). The van der Waals surface area contributed by atoms with Crippen molar-refractivity contribution in [1.29, 1.82) is 10.8 Å². The molecule has 0 atom stereocenters. The maximum atomic E-state index is 12.8. The highest BCUT2D eigenvalue weighted by Crippen LogP contribution is 2.38. The summed E-state index contributed by atoms with van der Waals surface area (Å²) in [5.74, 6) is 0.701. The number of fused-ring (bicyclic) bond motifs is 3. The number of nitrogens with zero attached hydrogens (tertiary/aromatic N) is 4. The van der Waals surface area contributed by atoms with E-state index in [0.29, 0.717) is 11.9 Å². The van der Waals surface area contributed by atoms with Gasteiger partial charge in [0.15, 0.2) is 0 Å². The van der Waals surface area contributed by atoms with Gasteiger partial charge in [-0.05, 0) is 43.9 Å². The van der Waals surface area contributed by atoms with Gasteiger partial charge in [0.05, 0.1) is 16.6 Å². The summed E-state index contributed by atoms with van der Waals surface area (Å²) in [4.78, 5) is 11.7. The van der Waals surface area contributed by atoms with E-state index in [4.69, 9.17) is 10.8 Å². The fourth-order valence-corrected chi connectivity index (χ4v) is 6.23. The van der Waals surface area contributed by atoms with Gasteiger partial charge < -0.3 is 10.2 Å². The van der Waals surface area contributed by atoms with Crippen molar-refractivity contribution < 1.29 is 8.42 Å². The van der Waals surface area contributed by atoms with Crippen LogP contribution in [-0.2, 0) is 10.0 Å². The third-order valence-corrected chi connectivity index (χ3v) is 8.68. The van der Waals surface area contributed by atoms with Crippen molar-refractivity contribution in [3.63, 3.8) is 0 Å². The van der Waals surface area contributed by atoms with E-state index in [1.54, 1.807) is 12.1 Å². The third kappa shape index (κ3) is 3.93. The molecule has 2 aromatic heterocycles. The number of hydrogen-bond donors (Lipinski definition) is 3. The van der Waals surface area contributed by atoms with Crippen molar-refractivity contribution in [2.45, 2.75) is 42.7 Å². The highest BCUT2D eigenvalue weighted by Gasteiger charge is 2.25. The third-order valence-electron chi connectivity index (χ3n) is 5.94. The molecule has 11 heteroatoms. The lowest BCUT2D eigenvalue weighted by Crippen LogP contribution is -2.37. The van der Waals surface area contributed by atoms with Crippen molar-refractivity contribution >= 4 is 60.2 Å². The fraction of sp³-hybridized carbons (Fsp3) is 0.333. The molecule has 0 aliphatic heterocycles. The average molecular weight is 472 g/mol. The minimum atomic E-state index is -3.90. The molecular formula is C21H25N7O2S2. The molecule has 0 amide bonds. The summed E-state index contributed by atoms with van der Waals surface area (Å²) in [6.45, 7) is 3.48. The fourth-order valence-electron chi connectivity index (χ4n) is 4.13. The molecule has 1 aliphatic carbocycles. The first-order valence-corrected chi connectivity index (χ1v) is 12.5. The Morgan fingerprint density at radius 1 is 1.19 bits per heavy atom. The second-order valence-corrected chi connectivity index (χ2v) is 10.6. The maximum absolute atomic E-state index is 12.8. The lowest BCUT2D eigenvalue weighted by atomic mass is 9.90. The molecule has 32 heavy (non-hydrogen) atoms. The molecule has 3 aromatic rings. The van der Waals surface area contributed by atoms with Gasteiger partial charge in [0.2, 0.25) is 0 Å². The number of thiophene rings is 1. The SMILES string of the molecule is C=CN(C=N)S(=O)(=O)c1ccc2sc3ncnc(NC4CCC(N(C)C=N)CC4)c3c2c1. The monoisotopic (exact) mass is 471 g/mol. The van der Waals surface area contributed by atoms with Gasteiger partial charge in [-0.25, -0.2) is 22.7 Å². The summed E-state index contributed by atoms with van der Waals surface area (Å²) in [7, 11) is -1.96. The standard InChI is InChI=1S/C21H25N7O2S2/c1-3-28(12-23)32(29,30)16-8-9-18-17(10-16)19-20(24-13-25-21(19)31-18)26-14-4-6-15(7-5-14)27(2)11-22/h3,8-15,22-23H,1,4-7H2,2H3,(H,24,25,26). The number of hydrogen-bond acceptors (Lipinski definition) is 8. The van der Waals surface area contributed by atoms with Crippen molar-refractivity contribution in [3.05, 3.63) is 37.3 Å². The predicted octanol–water partition coefficient (Wildman–Crippen LogP) is 3.85. The Labute approximate surface area is 190 Å². The molecule has 2 heterocycles. The van der Waals surface area contributed by atoms with Crippen LogP contribution in [0.5, 0.6) is 0 Å². The second kappa shape index (κ2) is 8.83. The van der Waals surface area contributed by atoms with Gasteiger partial charge in [-0.15, -0.1) is 11.3 Å². The largest absolute Gasteiger partial charge is 0.367 e. The van der Waals surface area contributed by atoms with E-state index in [9.17, 15) is 8.42 Å². The number of rotatable bonds is 8. The van der Waals surface area contributed by atoms with E-state index in [1.807, 2.05) is 11.9 Å². The van der Waals surface area contributed by atoms with Gasteiger partial charge in [0, 0.05) is 35.4 Å². The van der Waals surface area contributed by atoms with Crippen LogP contribution >= 0.6 is 11.3 Å². The molecule has 0 spiro atoms. The number of benzene rings is 1. The molecule has 1 aliphatic rings. The van der Waals surface area contributed by atoms with E-state index in [1.165, 1.54) is 30.1 Å². The molecular weight excluding hydrogens is 446 g/mol. The number of nitrogens with one attached hydrogen (secondary N) is 3. The Bertz CT molecular complexity index is 1270. The average Bonchev–Trinajstić information content (AvgIpc) is 3.18. The summed E-state index contributed by atoms with van der Waals surface area (Å²) < 4.78 is 27.4. The van der Waals surface area contributed by atoms with Gasteiger partial charge in [0.1, 0.15) is 23.3 Å². The molecule has 0 bridgehead atoms. The van der Waals surface area contributed by atoms with Crippen LogP contribution in [0.2, 0.25) is 0 Å². The highest BCUT2D eigenvalue weighted by atomic mass is 32.2. The van der Waals surface area contributed by atoms with E-state index in [-0.39, 0.29) is 10.9 Å². The van der Waals surface area contributed by atoms with Crippen LogP contribution < -0.4 is 5.32 Å². The number of sulfonamides is 1. The van der Waals surface area contributed by atoms with E-state index >= 15 is 0 Å². The van der Waals surface area contributed by atoms with E-state index < -0.39 is 10.0 Å². The van der Waals surface area contributed by atoms with Crippen molar-refractivity contribution in [1.82, 2.24) is 19.2 Å². The maximum Gasteiger partial charge on any atom is 0.268 e. The highest BCUT2D eigenvalue weighted by molar-refractivity contribution is 7.89. The number of anilines is 1. The normalized spacial score (nSPS) is 18.9. The van der Waals surface area contributed by atoms with Crippen LogP contribution in [0.1, 0.15) is 25.7 Å². The van der Waals surface area contributed by atoms with Crippen LogP contribution in [0, 0.1) is 10.8 Å². The van der Waals surface area contributed by atoms with Crippen molar-refractivity contribution in [2.75, 3.05) is 12.4 Å². The molecule has 0 saturated heterocycles. The van der Waals surface area contributed by atoms with Crippen LogP contribution in [0.25, 0.3) is 20.3 Å². The molecule has 3 N–H and O–H groups in total. The van der Waals surface area contributed by atoms with Gasteiger partial charge in [0.25, 0.3) is 10.0 Å². The van der Waals surface area contributed by atoms with Crippen LogP contribution in [0.15, 0.2) is 42.2 Å². The Balaban J connectivity index is 1.70. The van der Waals surface area contributed by atoms with E-state index in [0.717, 1.165) is 62.8 Å². The minimum absolute atomic E-state index is 0.0816.